The number of piperidine rings is 1. The Morgan fingerprint density at radius 3 is 3.18 bits per heavy atom. The van der Waals surface area contributed by atoms with Crippen LogP contribution >= 0.6 is 11.3 Å². The average Bonchev–Trinajstić information content (AvgIpc) is 2.75. The third-order valence-corrected chi connectivity index (χ3v) is 4.16. The van der Waals surface area contributed by atoms with Gasteiger partial charge in [-0.25, -0.2) is 4.98 Å². The predicted molar refractivity (Wildman–Crippen MR) is 69.4 cm³/mol. The number of aryl methyl sites for hydroxylation is 1. The maximum atomic E-state index is 12.3. The second kappa shape index (κ2) is 5.60. The molecule has 1 unspecified atom stereocenters. The van der Waals surface area contributed by atoms with Crippen LogP contribution < -0.4 is 5.32 Å². The van der Waals surface area contributed by atoms with E-state index in [0.717, 1.165) is 36.6 Å². The summed E-state index contributed by atoms with van der Waals surface area (Å²) < 4.78 is 0. The van der Waals surface area contributed by atoms with Crippen molar-refractivity contribution in [1.82, 2.24) is 15.2 Å². The Hall–Kier alpha value is -0.940. The highest BCUT2D eigenvalue weighted by molar-refractivity contribution is 7.11. The van der Waals surface area contributed by atoms with Crippen LogP contribution in [-0.4, -0.2) is 42.5 Å². The van der Waals surface area contributed by atoms with E-state index in [0.29, 0.717) is 5.92 Å². The van der Waals surface area contributed by atoms with E-state index in [2.05, 4.69) is 10.3 Å². The lowest BCUT2D eigenvalue weighted by molar-refractivity contribution is 0.0678. The zero-order chi connectivity index (χ0) is 12.3. The number of nitrogens with one attached hydrogen (secondary N) is 1. The summed E-state index contributed by atoms with van der Waals surface area (Å²) in [5.74, 6) is 0.747. The Labute approximate surface area is 106 Å². The van der Waals surface area contributed by atoms with Crippen molar-refractivity contribution in [3.05, 3.63) is 16.1 Å². The molecule has 5 heteroatoms. The van der Waals surface area contributed by atoms with Crippen LogP contribution in [0.5, 0.6) is 0 Å². The first-order chi connectivity index (χ1) is 8.22. The van der Waals surface area contributed by atoms with Crippen LogP contribution in [-0.2, 0) is 0 Å². The van der Waals surface area contributed by atoms with E-state index in [1.807, 2.05) is 18.9 Å². The zero-order valence-electron chi connectivity index (χ0n) is 10.4. The van der Waals surface area contributed by atoms with Crippen molar-refractivity contribution < 1.29 is 4.79 Å². The van der Waals surface area contributed by atoms with E-state index in [9.17, 15) is 4.79 Å². The number of hydrogen-bond donors (Lipinski definition) is 1. The van der Waals surface area contributed by atoms with Crippen molar-refractivity contribution in [1.29, 1.82) is 0 Å². The second-order valence-electron chi connectivity index (χ2n) is 4.58. The molecule has 1 aromatic rings. The Balaban J connectivity index is 2.02. The van der Waals surface area contributed by atoms with Crippen LogP contribution in [0.3, 0.4) is 0 Å². The van der Waals surface area contributed by atoms with Gasteiger partial charge in [0, 0.05) is 13.1 Å². The van der Waals surface area contributed by atoms with Gasteiger partial charge in [-0.1, -0.05) is 0 Å². The summed E-state index contributed by atoms with van der Waals surface area (Å²) in [6.45, 7) is 4.65. The molecule has 0 spiro atoms. The van der Waals surface area contributed by atoms with Crippen molar-refractivity contribution in [3.8, 4) is 0 Å². The number of carbonyl (C=O) groups is 1. The first-order valence-corrected chi connectivity index (χ1v) is 6.94. The second-order valence-corrected chi connectivity index (χ2v) is 5.44. The van der Waals surface area contributed by atoms with Crippen LogP contribution in [0.2, 0.25) is 0 Å². The standard InChI is InChI=1S/C12H19N3OS/c1-9-11(17-8-14-9)12(16)15-5-3-4-10(7-15)6-13-2/h8,10,13H,3-7H2,1-2H3. The number of hydrogen-bond acceptors (Lipinski definition) is 4. The molecule has 1 fully saturated rings. The quantitative estimate of drug-likeness (QED) is 0.888. The normalized spacial score (nSPS) is 20.6. The monoisotopic (exact) mass is 253 g/mol. The van der Waals surface area contributed by atoms with Crippen molar-refractivity contribution in [2.75, 3.05) is 26.7 Å². The lowest BCUT2D eigenvalue weighted by Crippen LogP contribution is -2.42. The van der Waals surface area contributed by atoms with E-state index in [1.54, 1.807) is 5.51 Å². The maximum absolute atomic E-state index is 12.3. The molecule has 1 N–H and O–H groups in total. The summed E-state index contributed by atoms with van der Waals surface area (Å²) in [4.78, 5) is 19.2. The third kappa shape index (κ3) is 2.84. The summed E-state index contributed by atoms with van der Waals surface area (Å²) in [7, 11) is 1.97. The predicted octanol–water partition coefficient (Wildman–Crippen LogP) is 1.52. The van der Waals surface area contributed by atoms with Crippen LogP contribution in [0.4, 0.5) is 0 Å². The van der Waals surface area contributed by atoms with Crippen molar-refractivity contribution >= 4 is 17.2 Å². The molecule has 94 valence electrons. The molecule has 0 aliphatic carbocycles. The summed E-state index contributed by atoms with van der Waals surface area (Å²) in [5, 5.41) is 3.20. The molecule has 2 heterocycles. The van der Waals surface area contributed by atoms with E-state index >= 15 is 0 Å². The fourth-order valence-corrected chi connectivity index (χ4v) is 3.13. The average molecular weight is 253 g/mol. The van der Waals surface area contributed by atoms with Crippen LogP contribution in [0.15, 0.2) is 5.51 Å². The minimum Gasteiger partial charge on any atom is -0.338 e. The van der Waals surface area contributed by atoms with Gasteiger partial charge in [0.2, 0.25) is 0 Å². The molecule has 1 amide bonds. The van der Waals surface area contributed by atoms with Gasteiger partial charge in [-0.3, -0.25) is 4.79 Å². The smallest absolute Gasteiger partial charge is 0.265 e. The molecule has 17 heavy (non-hydrogen) atoms. The Bertz CT molecular complexity index is 389. The fourth-order valence-electron chi connectivity index (χ4n) is 2.36. The minimum atomic E-state index is 0.158. The van der Waals surface area contributed by atoms with Crippen molar-refractivity contribution in [3.63, 3.8) is 0 Å². The molecule has 0 aromatic carbocycles. The number of carbonyl (C=O) groups excluding carboxylic acids is 1. The molecular formula is C12H19N3OS. The van der Waals surface area contributed by atoms with E-state index < -0.39 is 0 Å². The molecule has 1 saturated heterocycles. The minimum absolute atomic E-state index is 0.158. The van der Waals surface area contributed by atoms with Crippen molar-refractivity contribution in [2.45, 2.75) is 19.8 Å². The highest BCUT2D eigenvalue weighted by atomic mass is 32.1. The molecule has 1 aliphatic heterocycles. The van der Waals surface area contributed by atoms with Gasteiger partial charge >= 0.3 is 0 Å². The molecule has 4 nitrogen and oxygen atoms in total. The third-order valence-electron chi connectivity index (χ3n) is 3.24. The largest absolute Gasteiger partial charge is 0.338 e. The first-order valence-electron chi connectivity index (χ1n) is 6.06. The van der Waals surface area contributed by atoms with Gasteiger partial charge in [0.15, 0.2) is 0 Å². The lowest BCUT2D eigenvalue weighted by Gasteiger charge is -2.32. The van der Waals surface area contributed by atoms with Gasteiger partial charge in [-0.15, -0.1) is 11.3 Å². The first kappa shape index (κ1) is 12.5. The van der Waals surface area contributed by atoms with Gasteiger partial charge in [0.05, 0.1) is 11.2 Å². The molecule has 1 aromatic heterocycles. The number of nitrogens with zero attached hydrogens (tertiary/aromatic N) is 2. The highest BCUT2D eigenvalue weighted by Crippen LogP contribution is 2.21. The number of rotatable bonds is 3. The number of thiazole rings is 1. The molecule has 2 rings (SSSR count). The van der Waals surface area contributed by atoms with E-state index in [1.165, 1.54) is 17.8 Å². The molecule has 1 aliphatic rings. The Morgan fingerprint density at radius 2 is 2.53 bits per heavy atom. The molecular weight excluding hydrogens is 234 g/mol. The number of amides is 1. The Kier molecular flexibility index (Phi) is 4.12. The maximum Gasteiger partial charge on any atom is 0.265 e. The van der Waals surface area contributed by atoms with Crippen molar-refractivity contribution in [2.24, 2.45) is 5.92 Å². The SMILES string of the molecule is CNCC1CCCN(C(=O)c2scnc2C)C1. The molecule has 0 saturated carbocycles. The van der Waals surface area contributed by atoms with Gasteiger partial charge in [-0.05, 0) is 39.3 Å². The highest BCUT2D eigenvalue weighted by Gasteiger charge is 2.25. The summed E-state index contributed by atoms with van der Waals surface area (Å²) in [5.41, 5.74) is 2.60. The summed E-state index contributed by atoms with van der Waals surface area (Å²) in [6, 6.07) is 0. The van der Waals surface area contributed by atoms with Gasteiger partial charge in [0.1, 0.15) is 4.88 Å². The molecule has 0 bridgehead atoms. The zero-order valence-corrected chi connectivity index (χ0v) is 11.2. The van der Waals surface area contributed by atoms with Crippen LogP contribution in [0.1, 0.15) is 28.2 Å². The van der Waals surface area contributed by atoms with Crippen LogP contribution in [0.25, 0.3) is 0 Å². The summed E-state index contributed by atoms with van der Waals surface area (Å²) >= 11 is 1.45. The topological polar surface area (TPSA) is 45.2 Å². The Morgan fingerprint density at radius 1 is 1.71 bits per heavy atom. The number of aromatic nitrogens is 1. The fraction of sp³-hybridized carbons (Fsp3) is 0.667. The van der Waals surface area contributed by atoms with Gasteiger partial charge < -0.3 is 10.2 Å². The molecule has 1 atom stereocenters. The molecule has 0 radical (unpaired) electrons. The van der Waals surface area contributed by atoms with Gasteiger partial charge in [0.25, 0.3) is 5.91 Å². The summed E-state index contributed by atoms with van der Waals surface area (Å²) in [6.07, 6.45) is 2.32. The number of likely N-dealkylation sites (tertiary alicyclic amines) is 1. The van der Waals surface area contributed by atoms with Gasteiger partial charge in [-0.2, -0.15) is 0 Å². The van der Waals surface area contributed by atoms with E-state index in [4.69, 9.17) is 0 Å². The lowest BCUT2D eigenvalue weighted by atomic mass is 9.98. The van der Waals surface area contributed by atoms with Crippen LogP contribution in [0, 0.1) is 12.8 Å². The van der Waals surface area contributed by atoms with E-state index in [-0.39, 0.29) is 5.91 Å².